The molecule has 1 aromatic heterocycles. The van der Waals surface area contributed by atoms with E-state index in [0.717, 1.165) is 5.69 Å². The molecule has 0 bridgehead atoms. The van der Waals surface area contributed by atoms with E-state index in [1.807, 2.05) is 19.9 Å². The molecule has 2 aromatic carbocycles. The molecule has 0 radical (unpaired) electrons. The molecule has 7 nitrogen and oxygen atoms in total. The number of anilines is 1. The first-order valence-electron chi connectivity index (χ1n) is 8.68. The van der Waals surface area contributed by atoms with Crippen molar-refractivity contribution in [3.8, 4) is 22.8 Å². The minimum absolute atomic E-state index is 0.184. The van der Waals surface area contributed by atoms with Gasteiger partial charge in [0.15, 0.2) is 5.76 Å². The summed E-state index contributed by atoms with van der Waals surface area (Å²) in [6.45, 7) is 3.71. The molecule has 0 fully saturated rings. The molecule has 0 atom stereocenters. The van der Waals surface area contributed by atoms with Gasteiger partial charge in [-0.2, -0.15) is 0 Å². The van der Waals surface area contributed by atoms with E-state index in [2.05, 4.69) is 9.88 Å². The number of aryl methyl sites for hydroxylation is 2. The van der Waals surface area contributed by atoms with Crippen LogP contribution in [0.25, 0.3) is 11.3 Å². The van der Waals surface area contributed by atoms with Crippen molar-refractivity contribution in [2.24, 2.45) is 0 Å². The van der Waals surface area contributed by atoms with Crippen molar-refractivity contribution in [3.63, 3.8) is 0 Å². The van der Waals surface area contributed by atoms with Crippen molar-refractivity contribution >= 4 is 15.7 Å². The molecule has 0 saturated carbocycles. The third-order valence-electron chi connectivity index (χ3n) is 4.25. The summed E-state index contributed by atoms with van der Waals surface area (Å²) in [6, 6.07) is 11.8. The van der Waals surface area contributed by atoms with Gasteiger partial charge in [-0.05, 0) is 25.0 Å². The molecule has 0 aliphatic heterocycles. The topological polar surface area (TPSA) is 90.7 Å². The van der Waals surface area contributed by atoms with Crippen LogP contribution >= 0.6 is 0 Å². The van der Waals surface area contributed by atoms with E-state index < -0.39 is 10.0 Å². The van der Waals surface area contributed by atoms with Gasteiger partial charge in [0.2, 0.25) is 0 Å². The van der Waals surface area contributed by atoms with E-state index in [4.69, 9.17) is 14.0 Å². The lowest BCUT2D eigenvalue weighted by molar-refractivity contribution is 0.395. The SMILES string of the molecule is CCc1ccc(-c2cc(C)no2)cc1S(=O)(=O)Nc1cc(OC)cc(OC)c1. The average molecular weight is 402 g/mol. The third kappa shape index (κ3) is 4.12. The van der Waals surface area contributed by atoms with E-state index in [-0.39, 0.29) is 4.90 Å². The molecule has 3 aromatic rings. The van der Waals surface area contributed by atoms with Gasteiger partial charge in [0.25, 0.3) is 10.0 Å². The Morgan fingerprint density at radius 3 is 2.25 bits per heavy atom. The van der Waals surface area contributed by atoms with Gasteiger partial charge < -0.3 is 14.0 Å². The first kappa shape index (κ1) is 19.8. The molecule has 0 aliphatic carbocycles. The van der Waals surface area contributed by atoms with Crippen molar-refractivity contribution in [3.05, 3.63) is 53.7 Å². The number of methoxy groups -OCH3 is 2. The number of rotatable bonds is 7. The van der Waals surface area contributed by atoms with Gasteiger partial charge in [-0.1, -0.05) is 24.2 Å². The van der Waals surface area contributed by atoms with Crippen LogP contribution in [0.5, 0.6) is 11.5 Å². The Morgan fingerprint density at radius 2 is 1.71 bits per heavy atom. The number of hydrogen-bond donors (Lipinski definition) is 1. The Balaban J connectivity index is 2.03. The monoisotopic (exact) mass is 402 g/mol. The van der Waals surface area contributed by atoms with Crippen LogP contribution in [0.1, 0.15) is 18.2 Å². The average Bonchev–Trinajstić information content (AvgIpc) is 3.13. The molecule has 28 heavy (non-hydrogen) atoms. The highest BCUT2D eigenvalue weighted by atomic mass is 32.2. The van der Waals surface area contributed by atoms with Crippen LogP contribution in [0.2, 0.25) is 0 Å². The van der Waals surface area contributed by atoms with E-state index >= 15 is 0 Å². The molecule has 0 spiro atoms. The molecule has 0 saturated heterocycles. The van der Waals surface area contributed by atoms with Crippen molar-refractivity contribution in [2.45, 2.75) is 25.2 Å². The van der Waals surface area contributed by atoms with Crippen molar-refractivity contribution in [1.29, 1.82) is 0 Å². The van der Waals surface area contributed by atoms with Gasteiger partial charge in [0.05, 0.1) is 30.5 Å². The maximum absolute atomic E-state index is 13.1. The fourth-order valence-electron chi connectivity index (χ4n) is 2.83. The van der Waals surface area contributed by atoms with Gasteiger partial charge in [0, 0.05) is 29.8 Å². The Bertz CT molecular complexity index is 1070. The molecule has 148 valence electrons. The Hall–Kier alpha value is -3.00. The summed E-state index contributed by atoms with van der Waals surface area (Å²) in [4.78, 5) is 0.184. The summed E-state index contributed by atoms with van der Waals surface area (Å²) in [7, 11) is -0.843. The summed E-state index contributed by atoms with van der Waals surface area (Å²) in [5.74, 6) is 1.48. The smallest absolute Gasteiger partial charge is 0.262 e. The van der Waals surface area contributed by atoms with Crippen LogP contribution in [-0.2, 0) is 16.4 Å². The zero-order chi connectivity index (χ0) is 20.3. The lowest BCUT2D eigenvalue weighted by atomic mass is 10.1. The molecular formula is C20H22N2O5S. The number of sulfonamides is 1. The molecule has 1 heterocycles. The highest BCUT2D eigenvalue weighted by molar-refractivity contribution is 7.92. The zero-order valence-corrected chi connectivity index (χ0v) is 17.0. The molecule has 0 aliphatic rings. The lowest BCUT2D eigenvalue weighted by Gasteiger charge is -2.14. The van der Waals surface area contributed by atoms with Gasteiger partial charge in [-0.3, -0.25) is 4.72 Å². The summed E-state index contributed by atoms with van der Waals surface area (Å²) >= 11 is 0. The van der Waals surface area contributed by atoms with E-state index in [9.17, 15) is 8.42 Å². The van der Waals surface area contributed by atoms with Crippen molar-refractivity contribution < 1.29 is 22.4 Å². The number of aromatic nitrogens is 1. The lowest BCUT2D eigenvalue weighted by Crippen LogP contribution is -2.15. The van der Waals surface area contributed by atoms with Gasteiger partial charge in [0.1, 0.15) is 11.5 Å². The predicted octanol–water partition coefficient (Wildman–Crippen LogP) is 4.03. The van der Waals surface area contributed by atoms with Crippen LogP contribution in [0.3, 0.4) is 0 Å². The Morgan fingerprint density at radius 1 is 1.04 bits per heavy atom. The second-order valence-corrected chi connectivity index (χ2v) is 7.87. The first-order valence-corrected chi connectivity index (χ1v) is 10.2. The standard InChI is InChI=1S/C20H22N2O5S/c1-5-14-6-7-15(19-8-13(2)21-27-19)9-20(14)28(23,24)22-16-10-17(25-3)12-18(11-16)26-4/h6-12,22H,5H2,1-4H3. The molecular weight excluding hydrogens is 380 g/mol. The Kier molecular flexibility index (Phi) is 5.60. The summed E-state index contributed by atoms with van der Waals surface area (Å²) in [5.41, 5.74) is 2.41. The maximum atomic E-state index is 13.1. The molecule has 0 amide bonds. The van der Waals surface area contributed by atoms with Gasteiger partial charge >= 0.3 is 0 Å². The fourth-order valence-corrected chi connectivity index (χ4v) is 4.20. The molecule has 3 rings (SSSR count). The van der Waals surface area contributed by atoms with Crippen molar-refractivity contribution in [1.82, 2.24) is 5.16 Å². The van der Waals surface area contributed by atoms with Gasteiger partial charge in [-0.25, -0.2) is 8.42 Å². The normalized spacial score (nSPS) is 11.3. The first-order chi connectivity index (χ1) is 13.4. The summed E-state index contributed by atoms with van der Waals surface area (Å²) in [5, 5.41) is 3.87. The molecule has 0 unspecified atom stereocenters. The highest BCUT2D eigenvalue weighted by Gasteiger charge is 2.21. The van der Waals surface area contributed by atoms with Crippen LogP contribution in [-0.4, -0.2) is 27.8 Å². The van der Waals surface area contributed by atoms with E-state index in [0.29, 0.717) is 40.5 Å². The quantitative estimate of drug-likeness (QED) is 0.642. The third-order valence-corrected chi connectivity index (χ3v) is 5.72. The highest BCUT2D eigenvalue weighted by Crippen LogP contribution is 2.30. The second-order valence-electron chi connectivity index (χ2n) is 6.22. The van der Waals surface area contributed by atoms with Crippen LogP contribution in [0.4, 0.5) is 5.69 Å². The fraction of sp³-hybridized carbons (Fsp3) is 0.250. The van der Waals surface area contributed by atoms with E-state index in [1.165, 1.54) is 14.2 Å². The van der Waals surface area contributed by atoms with Crippen LogP contribution < -0.4 is 14.2 Å². The number of nitrogens with one attached hydrogen (secondary N) is 1. The number of benzene rings is 2. The van der Waals surface area contributed by atoms with Crippen LogP contribution in [0.15, 0.2) is 51.9 Å². The second kappa shape index (κ2) is 7.93. The van der Waals surface area contributed by atoms with Gasteiger partial charge in [-0.15, -0.1) is 0 Å². The zero-order valence-electron chi connectivity index (χ0n) is 16.1. The molecule has 8 heteroatoms. The summed E-state index contributed by atoms with van der Waals surface area (Å²) < 4.78 is 44.6. The minimum atomic E-state index is -3.85. The minimum Gasteiger partial charge on any atom is -0.497 e. The predicted molar refractivity (Wildman–Crippen MR) is 106 cm³/mol. The van der Waals surface area contributed by atoms with Crippen LogP contribution in [0, 0.1) is 6.92 Å². The van der Waals surface area contributed by atoms with Crippen molar-refractivity contribution in [2.75, 3.05) is 18.9 Å². The number of ether oxygens (including phenoxy) is 2. The number of hydrogen-bond acceptors (Lipinski definition) is 6. The Labute approximate surface area is 164 Å². The summed E-state index contributed by atoms with van der Waals surface area (Å²) in [6.07, 6.45) is 0.563. The molecule has 1 N–H and O–H groups in total. The number of nitrogens with zero attached hydrogens (tertiary/aromatic N) is 1. The van der Waals surface area contributed by atoms with E-state index in [1.54, 1.807) is 36.4 Å². The largest absolute Gasteiger partial charge is 0.497 e. The maximum Gasteiger partial charge on any atom is 0.262 e.